The van der Waals surface area contributed by atoms with Crippen molar-refractivity contribution in [3.05, 3.63) is 50.7 Å². The molecule has 1 aromatic carbocycles. The Balaban J connectivity index is 1.40. The number of urea groups is 1. The molecule has 3 N–H and O–H groups in total. The highest BCUT2D eigenvalue weighted by atomic mass is 32.2. The van der Waals surface area contributed by atoms with E-state index in [1.54, 1.807) is 0 Å². The lowest BCUT2D eigenvalue weighted by Crippen LogP contribution is -2.71. The largest absolute Gasteiger partial charge is 0.477 e. The SMILES string of the molecule is Cc1nnc(SCC2=C(C(=O)O)N3C(=O)C(NC(=O)Nc4ccc([N+](=O)[O-])cc4)[C@@H]3SC2)s1. The van der Waals surface area contributed by atoms with Crippen molar-refractivity contribution in [1.82, 2.24) is 20.4 Å². The number of benzene rings is 1. The lowest BCUT2D eigenvalue weighted by molar-refractivity contribution is -0.384. The minimum atomic E-state index is -1.20. The van der Waals surface area contributed by atoms with E-state index >= 15 is 0 Å². The molecule has 2 aliphatic heterocycles. The fourth-order valence-corrected chi connectivity index (χ4v) is 6.56. The molecule has 2 aliphatic rings. The maximum absolute atomic E-state index is 12.7. The number of carboxylic acids is 1. The van der Waals surface area contributed by atoms with Gasteiger partial charge in [0.2, 0.25) is 0 Å². The van der Waals surface area contributed by atoms with Gasteiger partial charge >= 0.3 is 12.0 Å². The highest BCUT2D eigenvalue weighted by Gasteiger charge is 2.54. The van der Waals surface area contributed by atoms with Crippen LogP contribution in [0.1, 0.15) is 5.01 Å². The molecule has 2 atom stereocenters. The topological polar surface area (TPSA) is 168 Å². The molecule has 1 aromatic heterocycles. The maximum atomic E-state index is 12.7. The van der Waals surface area contributed by atoms with Crippen molar-refractivity contribution in [3.63, 3.8) is 0 Å². The Bertz CT molecular complexity index is 1170. The monoisotopic (exact) mass is 508 g/mol. The molecule has 0 aliphatic carbocycles. The Morgan fingerprint density at radius 1 is 1.33 bits per heavy atom. The number of hydrogen-bond donors (Lipinski definition) is 3. The average Bonchev–Trinajstić information content (AvgIpc) is 3.20. The van der Waals surface area contributed by atoms with E-state index in [-0.39, 0.29) is 11.4 Å². The first-order valence-corrected chi connectivity index (χ1v) is 12.2. The van der Waals surface area contributed by atoms with Gasteiger partial charge in [-0.15, -0.1) is 22.0 Å². The number of non-ortho nitro benzene ring substituents is 1. The Morgan fingerprint density at radius 2 is 2.06 bits per heavy atom. The third-order valence-electron chi connectivity index (χ3n) is 4.75. The van der Waals surface area contributed by atoms with Gasteiger partial charge in [-0.3, -0.25) is 19.8 Å². The number of hydrogen-bond acceptors (Lipinski definition) is 10. The number of nitro benzene ring substituents is 1. The summed E-state index contributed by atoms with van der Waals surface area (Å²) < 4.78 is 0.717. The van der Waals surface area contributed by atoms with Gasteiger partial charge in [-0.2, -0.15) is 0 Å². The second kappa shape index (κ2) is 9.36. The van der Waals surface area contributed by atoms with Crippen molar-refractivity contribution < 1.29 is 24.4 Å². The Hall–Kier alpha value is -3.17. The van der Waals surface area contributed by atoms with Crippen molar-refractivity contribution >= 4 is 64.1 Å². The third-order valence-corrected chi connectivity index (χ3v) is 8.15. The Labute approximate surface area is 199 Å². The number of nitrogens with one attached hydrogen (secondary N) is 2. The normalized spacial score (nSPS) is 19.5. The summed E-state index contributed by atoms with van der Waals surface area (Å²) in [5.74, 6) is -0.967. The number of carboxylic acid groups (broad SMARTS) is 1. The first-order chi connectivity index (χ1) is 15.7. The van der Waals surface area contributed by atoms with Crippen LogP contribution in [0.4, 0.5) is 16.2 Å². The van der Waals surface area contributed by atoms with Gasteiger partial charge in [0.05, 0.1) is 4.92 Å². The molecule has 0 radical (unpaired) electrons. The van der Waals surface area contributed by atoms with E-state index in [1.165, 1.54) is 64.0 Å². The number of β-lactam (4-membered cyclic amide) rings is 1. The molecule has 1 unspecified atom stereocenters. The molecule has 1 fully saturated rings. The summed E-state index contributed by atoms with van der Waals surface area (Å²) in [7, 11) is 0. The van der Waals surface area contributed by atoms with Gasteiger partial charge in [-0.25, -0.2) is 9.59 Å². The lowest BCUT2D eigenvalue weighted by Gasteiger charge is -2.49. The summed E-state index contributed by atoms with van der Waals surface area (Å²) >= 11 is 4.14. The Kier molecular flexibility index (Phi) is 6.53. The molecule has 0 spiro atoms. The van der Waals surface area contributed by atoms with Crippen LogP contribution in [0.2, 0.25) is 0 Å². The fourth-order valence-electron chi connectivity index (χ4n) is 3.25. The summed E-state index contributed by atoms with van der Waals surface area (Å²) in [5, 5.41) is 33.7. The second-order valence-electron chi connectivity index (χ2n) is 6.92. The highest BCUT2D eigenvalue weighted by molar-refractivity contribution is 8.01. The molecular formula is C18H16N6O6S3. The maximum Gasteiger partial charge on any atom is 0.352 e. The van der Waals surface area contributed by atoms with Crippen LogP contribution in [-0.2, 0) is 9.59 Å². The number of carbonyl (C=O) groups excluding carboxylic acids is 2. The zero-order valence-corrected chi connectivity index (χ0v) is 19.3. The molecule has 0 bridgehead atoms. The molecule has 33 heavy (non-hydrogen) atoms. The summed E-state index contributed by atoms with van der Waals surface area (Å²) in [6, 6.07) is 3.68. The summed E-state index contributed by atoms with van der Waals surface area (Å²) in [6.07, 6.45) is 0. The van der Waals surface area contributed by atoms with Crippen LogP contribution in [0, 0.1) is 17.0 Å². The Morgan fingerprint density at radius 3 is 2.67 bits per heavy atom. The molecule has 172 valence electrons. The predicted molar refractivity (Wildman–Crippen MR) is 122 cm³/mol. The van der Waals surface area contributed by atoms with Gasteiger partial charge in [0, 0.05) is 29.3 Å². The number of fused-ring (bicyclic) bond motifs is 1. The van der Waals surface area contributed by atoms with Gasteiger partial charge in [0.1, 0.15) is 22.1 Å². The first kappa shape index (κ1) is 23.0. The van der Waals surface area contributed by atoms with Crippen LogP contribution in [0.25, 0.3) is 0 Å². The zero-order chi connectivity index (χ0) is 23.7. The summed E-state index contributed by atoms with van der Waals surface area (Å²) in [4.78, 5) is 48.3. The van der Waals surface area contributed by atoms with Gasteiger partial charge in [-0.05, 0) is 24.6 Å². The summed E-state index contributed by atoms with van der Waals surface area (Å²) in [6.45, 7) is 1.83. The van der Waals surface area contributed by atoms with E-state index < -0.39 is 34.2 Å². The van der Waals surface area contributed by atoms with Crippen molar-refractivity contribution in [1.29, 1.82) is 0 Å². The molecule has 0 saturated carbocycles. The fraction of sp³-hybridized carbons (Fsp3) is 0.278. The number of amides is 3. The van der Waals surface area contributed by atoms with E-state index in [0.717, 1.165) is 5.01 Å². The summed E-state index contributed by atoms with van der Waals surface area (Å²) in [5.41, 5.74) is 0.734. The van der Waals surface area contributed by atoms with E-state index in [2.05, 4.69) is 20.8 Å². The molecule has 3 heterocycles. The average molecular weight is 509 g/mol. The second-order valence-corrected chi connectivity index (χ2v) is 10.4. The number of aryl methyl sites for hydroxylation is 1. The van der Waals surface area contributed by atoms with Gasteiger partial charge < -0.3 is 15.7 Å². The number of aliphatic carboxylic acids is 1. The number of aromatic nitrogens is 2. The number of rotatable bonds is 7. The van der Waals surface area contributed by atoms with Crippen molar-refractivity contribution in [3.8, 4) is 0 Å². The van der Waals surface area contributed by atoms with Crippen LogP contribution >= 0.6 is 34.9 Å². The van der Waals surface area contributed by atoms with E-state index in [0.29, 0.717) is 27.1 Å². The third kappa shape index (κ3) is 4.79. The molecule has 3 amide bonds. The molecule has 2 aromatic rings. The quantitative estimate of drug-likeness (QED) is 0.218. The van der Waals surface area contributed by atoms with Gasteiger partial charge in [0.25, 0.3) is 11.6 Å². The first-order valence-electron chi connectivity index (χ1n) is 9.39. The molecular weight excluding hydrogens is 492 g/mol. The number of nitrogens with zero attached hydrogens (tertiary/aromatic N) is 4. The number of carbonyl (C=O) groups is 3. The molecule has 15 heteroatoms. The highest BCUT2D eigenvalue weighted by Crippen LogP contribution is 2.41. The smallest absolute Gasteiger partial charge is 0.352 e. The van der Waals surface area contributed by atoms with E-state index in [4.69, 9.17) is 0 Å². The van der Waals surface area contributed by atoms with Crippen LogP contribution in [0.15, 0.2) is 39.9 Å². The van der Waals surface area contributed by atoms with Gasteiger partial charge in [0.15, 0.2) is 4.34 Å². The predicted octanol–water partition coefficient (Wildman–Crippen LogP) is 2.29. The number of anilines is 1. The van der Waals surface area contributed by atoms with E-state index in [9.17, 15) is 29.6 Å². The van der Waals surface area contributed by atoms with Crippen LogP contribution in [0.3, 0.4) is 0 Å². The van der Waals surface area contributed by atoms with E-state index in [1.807, 2.05) is 6.92 Å². The minimum absolute atomic E-state index is 0.0636. The zero-order valence-electron chi connectivity index (χ0n) is 16.9. The number of thioether (sulfide) groups is 2. The molecule has 12 nitrogen and oxygen atoms in total. The lowest BCUT2D eigenvalue weighted by atomic mass is 10.0. The molecule has 1 saturated heterocycles. The molecule has 4 rings (SSSR count). The van der Waals surface area contributed by atoms with Crippen molar-refractivity contribution in [2.75, 3.05) is 16.8 Å². The minimum Gasteiger partial charge on any atom is -0.477 e. The van der Waals surface area contributed by atoms with Crippen LogP contribution < -0.4 is 10.6 Å². The number of nitro groups is 1. The van der Waals surface area contributed by atoms with Crippen LogP contribution in [-0.4, -0.2) is 66.0 Å². The van der Waals surface area contributed by atoms with Crippen molar-refractivity contribution in [2.45, 2.75) is 22.7 Å². The standard InChI is InChI=1S/C18H16N6O6S3/c1-8-21-22-18(33-8)32-7-9-6-31-15-12(14(25)23(15)13(9)16(26)27)20-17(28)19-10-2-4-11(5-3-10)24(29)30/h2-5,12,15H,6-7H2,1H3,(H,26,27)(H2,19,20,28)/t12?,15-/m0/s1. The van der Waals surface area contributed by atoms with Crippen molar-refractivity contribution in [2.24, 2.45) is 0 Å². The van der Waals surface area contributed by atoms with Gasteiger partial charge in [-0.1, -0.05) is 23.1 Å². The van der Waals surface area contributed by atoms with Crippen LogP contribution in [0.5, 0.6) is 0 Å².